The first-order valence-electron chi connectivity index (χ1n) is 3.44. The van der Waals surface area contributed by atoms with Crippen LogP contribution in [-0.2, 0) is 0 Å². The third-order valence-corrected chi connectivity index (χ3v) is 1.77. The minimum absolute atomic E-state index is 0.0223. The predicted molar refractivity (Wildman–Crippen MR) is 45.3 cm³/mol. The third kappa shape index (κ3) is 2.17. The van der Waals surface area contributed by atoms with Gasteiger partial charge < -0.3 is 0 Å². The fraction of sp³-hybridized carbons (Fsp3) is 0.125. The molecule has 13 heavy (non-hydrogen) atoms. The second-order valence-electron chi connectivity index (χ2n) is 2.45. The van der Waals surface area contributed by atoms with Crippen molar-refractivity contribution in [1.82, 2.24) is 5.06 Å². The molecule has 0 spiro atoms. The van der Waals surface area contributed by atoms with Crippen molar-refractivity contribution in [3.63, 3.8) is 0 Å². The lowest BCUT2D eigenvalue weighted by molar-refractivity contribution is -0.0374. The van der Waals surface area contributed by atoms with E-state index in [1.165, 1.54) is 13.1 Å². The van der Waals surface area contributed by atoms with Gasteiger partial charge in [-0.2, -0.15) is 0 Å². The Balaban J connectivity index is 3.09. The van der Waals surface area contributed by atoms with Crippen molar-refractivity contribution in [3.05, 3.63) is 34.6 Å². The zero-order valence-electron chi connectivity index (χ0n) is 6.79. The number of hydroxylamine groups is 2. The van der Waals surface area contributed by atoms with Crippen LogP contribution in [0.3, 0.4) is 0 Å². The lowest BCUT2D eigenvalue weighted by atomic mass is 10.2. The van der Waals surface area contributed by atoms with Crippen molar-refractivity contribution >= 4 is 17.5 Å². The van der Waals surface area contributed by atoms with Crippen LogP contribution in [0.25, 0.3) is 0 Å². The molecule has 70 valence electrons. The monoisotopic (exact) mass is 203 g/mol. The summed E-state index contributed by atoms with van der Waals surface area (Å²) in [4.78, 5) is 11.1. The minimum atomic E-state index is -0.676. The number of carbonyl (C=O) groups excluding carboxylic acids is 1. The number of carbonyl (C=O) groups is 1. The molecule has 0 atom stereocenters. The largest absolute Gasteiger partial charge is 0.286 e. The highest BCUT2D eigenvalue weighted by Gasteiger charge is 2.13. The van der Waals surface area contributed by atoms with Gasteiger partial charge in [0.2, 0.25) is 0 Å². The quantitative estimate of drug-likeness (QED) is 0.560. The SMILES string of the molecule is CN(O)C(=O)c1ccc(F)cc1Cl. The smallest absolute Gasteiger partial charge is 0.278 e. The van der Waals surface area contributed by atoms with Crippen LogP contribution in [0, 0.1) is 5.82 Å². The first kappa shape index (κ1) is 9.95. The van der Waals surface area contributed by atoms with Gasteiger partial charge in [-0.1, -0.05) is 11.6 Å². The van der Waals surface area contributed by atoms with Crippen molar-refractivity contribution in [2.75, 3.05) is 7.05 Å². The summed E-state index contributed by atoms with van der Waals surface area (Å²) in [6, 6.07) is 3.33. The van der Waals surface area contributed by atoms with E-state index < -0.39 is 11.7 Å². The molecule has 1 rings (SSSR count). The summed E-state index contributed by atoms with van der Waals surface area (Å²) < 4.78 is 12.5. The van der Waals surface area contributed by atoms with Gasteiger partial charge in [0.25, 0.3) is 5.91 Å². The number of nitrogens with zero attached hydrogens (tertiary/aromatic N) is 1. The topological polar surface area (TPSA) is 40.5 Å². The molecule has 1 amide bonds. The van der Waals surface area contributed by atoms with Crippen molar-refractivity contribution in [2.45, 2.75) is 0 Å². The molecule has 0 aliphatic rings. The molecule has 0 radical (unpaired) electrons. The predicted octanol–water partition coefficient (Wildman–Crippen LogP) is 1.94. The zero-order chi connectivity index (χ0) is 10.0. The van der Waals surface area contributed by atoms with Crippen LogP contribution >= 0.6 is 11.6 Å². The summed E-state index contributed by atoms with van der Waals surface area (Å²) in [5, 5.41) is 9.17. The van der Waals surface area contributed by atoms with Crippen molar-refractivity contribution in [1.29, 1.82) is 0 Å². The standard InChI is InChI=1S/C8H7ClFNO2/c1-11(13)8(12)6-3-2-5(10)4-7(6)9/h2-4,13H,1H3. The molecule has 3 nitrogen and oxygen atoms in total. The number of amides is 1. The average molecular weight is 204 g/mol. The van der Waals surface area contributed by atoms with Crippen molar-refractivity contribution in [3.8, 4) is 0 Å². The lowest BCUT2D eigenvalue weighted by Crippen LogP contribution is -2.22. The van der Waals surface area contributed by atoms with E-state index in [1.807, 2.05) is 0 Å². The molecule has 1 aromatic carbocycles. The Bertz CT molecular complexity index is 341. The van der Waals surface area contributed by atoms with Crippen LogP contribution in [0.1, 0.15) is 10.4 Å². The first-order valence-corrected chi connectivity index (χ1v) is 3.82. The molecule has 0 saturated carbocycles. The van der Waals surface area contributed by atoms with Crippen LogP contribution < -0.4 is 0 Å². The normalized spacial score (nSPS) is 9.85. The Labute approximate surface area is 79.3 Å². The van der Waals surface area contributed by atoms with Crippen LogP contribution in [0.2, 0.25) is 5.02 Å². The van der Waals surface area contributed by atoms with E-state index >= 15 is 0 Å². The summed E-state index contributed by atoms with van der Waals surface area (Å²) in [7, 11) is 1.17. The molecule has 0 heterocycles. The Morgan fingerprint density at radius 1 is 1.62 bits per heavy atom. The number of hydrogen-bond donors (Lipinski definition) is 1. The van der Waals surface area contributed by atoms with E-state index in [0.29, 0.717) is 5.06 Å². The van der Waals surface area contributed by atoms with Crippen LogP contribution in [0.15, 0.2) is 18.2 Å². The number of halogens is 2. The van der Waals surface area contributed by atoms with E-state index in [4.69, 9.17) is 16.8 Å². The minimum Gasteiger partial charge on any atom is -0.286 e. The maximum Gasteiger partial charge on any atom is 0.278 e. The van der Waals surface area contributed by atoms with E-state index in [0.717, 1.165) is 12.1 Å². The lowest BCUT2D eigenvalue weighted by Gasteiger charge is -2.09. The molecule has 0 aliphatic carbocycles. The molecule has 1 N–H and O–H groups in total. The Morgan fingerprint density at radius 3 is 2.69 bits per heavy atom. The molecule has 0 unspecified atom stereocenters. The third-order valence-electron chi connectivity index (χ3n) is 1.46. The van der Waals surface area contributed by atoms with Crippen molar-refractivity contribution < 1.29 is 14.4 Å². The van der Waals surface area contributed by atoms with Gasteiger partial charge >= 0.3 is 0 Å². The van der Waals surface area contributed by atoms with E-state index in [2.05, 4.69) is 0 Å². The van der Waals surface area contributed by atoms with Gasteiger partial charge in [-0.05, 0) is 18.2 Å². The highest BCUT2D eigenvalue weighted by atomic mass is 35.5. The highest BCUT2D eigenvalue weighted by Crippen LogP contribution is 2.17. The molecule has 5 heteroatoms. The molecule has 0 fully saturated rings. The summed E-state index contributed by atoms with van der Waals surface area (Å²) in [5.74, 6) is -1.20. The second-order valence-corrected chi connectivity index (χ2v) is 2.86. The number of benzene rings is 1. The highest BCUT2D eigenvalue weighted by molar-refractivity contribution is 6.33. The summed E-state index contributed by atoms with van der Waals surface area (Å²) >= 11 is 5.57. The Morgan fingerprint density at radius 2 is 2.23 bits per heavy atom. The fourth-order valence-corrected chi connectivity index (χ4v) is 1.09. The van der Waals surface area contributed by atoms with E-state index in [1.54, 1.807) is 0 Å². The number of rotatable bonds is 1. The Kier molecular flexibility index (Phi) is 2.85. The second kappa shape index (κ2) is 3.72. The zero-order valence-corrected chi connectivity index (χ0v) is 7.55. The van der Waals surface area contributed by atoms with Gasteiger partial charge in [0.05, 0.1) is 10.6 Å². The van der Waals surface area contributed by atoms with Gasteiger partial charge in [0, 0.05) is 7.05 Å². The van der Waals surface area contributed by atoms with Crippen molar-refractivity contribution in [2.24, 2.45) is 0 Å². The van der Waals surface area contributed by atoms with Gasteiger partial charge in [-0.25, -0.2) is 9.45 Å². The Hall–Kier alpha value is -1.13. The molecule has 0 bridgehead atoms. The first-order chi connectivity index (χ1) is 6.02. The van der Waals surface area contributed by atoms with E-state index in [9.17, 15) is 9.18 Å². The van der Waals surface area contributed by atoms with Gasteiger partial charge in [0.15, 0.2) is 0 Å². The molecule has 0 aliphatic heterocycles. The van der Waals surface area contributed by atoms with Crippen LogP contribution in [0.5, 0.6) is 0 Å². The molecule has 0 aromatic heterocycles. The summed E-state index contributed by atoms with van der Waals surface area (Å²) in [6.45, 7) is 0. The van der Waals surface area contributed by atoms with Gasteiger partial charge in [-0.3, -0.25) is 10.0 Å². The maximum absolute atomic E-state index is 12.5. The molecule has 1 aromatic rings. The molecular weight excluding hydrogens is 197 g/mol. The number of hydrogen-bond acceptors (Lipinski definition) is 2. The van der Waals surface area contributed by atoms with Gasteiger partial charge in [0.1, 0.15) is 5.82 Å². The van der Waals surface area contributed by atoms with Crippen LogP contribution in [-0.4, -0.2) is 23.2 Å². The van der Waals surface area contributed by atoms with Crippen LogP contribution in [0.4, 0.5) is 4.39 Å². The average Bonchev–Trinajstić information content (AvgIpc) is 2.03. The molecule has 0 saturated heterocycles. The fourth-order valence-electron chi connectivity index (χ4n) is 0.837. The van der Waals surface area contributed by atoms with E-state index in [-0.39, 0.29) is 10.6 Å². The van der Waals surface area contributed by atoms with Gasteiger partial charge in [-0.15, -0.1) is 0 Å². The molecular formula is C8H7ClFNO2. The maximum atomic E-state index is 12.5. The summed E-state index contributed by atoms with van der Waals surface area (Å²) in [5.41, 5.74) is 0.0630. The summed E-state index contributed by atoms with van der Waals surface area (Å²) in [6.07, 6.45) is 0.